The second-order valence-corrected chi connectivity index (χ2v) is 4.28. The molecule has 2 rings (SSSR count). The van der Waals surface area contributed by atoms with Gasteiger partial charge in [-0.1, -0.05) is 29.3 Å². The van der Waals surface area contributed by atoms with Crippen molar-refractivity contribution in [3.63, 3.8) is 0 Å². The Kier molecular flexibility index (Phi) is 3.33. The molecule has 0 radical (unpaired) electrons. The number of primary amides is 1. The monoisotopic (exact) mass is 241 g/mol. The van der Waals surface area contributed by atoms with Crippen LogP contribution >= 0.6 is 0 Å². The van der Waals surface area contributed by atoms with Crippen molar-refractivity contribution in [2.24, 2.45) is 5.73 Å². The van der Waals surface area contributed by atoms with Crippen LogP contribution in [0.25, 0.3) is 0 Å². The SMILES string of the molecule is Cc1ccc(Oc2ccc(C)cc2C(N)=O)cc1. The first kappa shape index (κ1) is 12.2. The van der Waals surface area contributed by atoms with Crippen molar-refractivity contribution in [1.29, 1.82) is 0 Å². The van der Waals surface area contributed by atoms with Crippen LogP contribution in [0.2, 0.25) is 0 Å². The van der Waals surface area contributed by atoms with Gasteiger partial charge >= 0.3 is 0 Å². The third kappa shape index (κ3) is 2.69. The lowest BCUT2D eigenvalue weighted by molar-refractivity contribution is 0.0998. The topological polar surface area (TPSA) is 52.3 Å². The molecule has 2 N–H and O–H groups in total. The van der Waals surface area contributed by atoms with Crippen LogP contribution in [0.3, 0.4) is 0 Å². The van der Waals surface area contributed by atoms with Gasteiger partial charge in [-0.25, -0.2) is 0 Å². The number of amides is 1. The van der Waals surface area contributed by atoms with Gasteiger partial charge in [-0.3, -0.25) is 4.79 Å². The normalized spacial score (nSPS) is 10.1. The summed E-state index contributed by atoms with van der Waals surface area (Å²) in [5.41, 5.74) is 7.87. The molecule has 1 amide bonds. The van der Waals surface area contributed by atoms with Crippen molar-refractivity contribution in [2.75, 3.05) is 0 Å². The molecule has 0 fully saturated rings. The predicted molar refractivity (Wildman–Crippen MR) is 70.9 cm³/mol. The maximum atomic E-state index is 11.4. The van der Waals surface area contributed by atoms with Crippen molar-refractivity contribution < 1.29 is 9.53 Å². The zero-order valence-corrected chi connectivity index (χ0v) is 10.4. The lowest BCUT2D eigenvalue weighted by Gasteiger charge is -2.10. The highest BCUT2D eigenvalue weighted by atomic mass is 16.5. The number of hydrogen-bond donors (Lipinski definition) is 1. The maximum absolute atomic E-state index is 11.4. The minimum atomic E-state index is -0.485. The van der Waals surface area contributed by atoms with E-state index in [0.717, 1.165) is 11.1 Å². The number of hydrogen-bond acceptors (Lipinski definition) is 2. The van der Waals surface area contributed by atoms with E-state index in [4.69, 9.17) is 10.5 Å². The Morgan fingerprint density at radius 3 is 2.22 bits per heavy atom. The first-order chi connectivity index (χ1) is 8.56. The zero-order valence-electron chi connectivity index (χ0n) is 10.4. The van der Waals surface area contributed by atoms with Gasteiger partial charge in [-0.2, -0.15) is 0 Å². The smallest absolute Gasteiger partial charge is 0.252 e. The number of carbonyl (C=O) groups excluding carboxylic acids is 1. The summed E-state index contributed by atoms with van der Waals surface area (Å²) in [7, 11) is 0. The van der Waals surface area contributed by atoms with Gasteiger partial charge in [-0.05, 0) is 38.1 Å². The summed E-state index contributed by atoms with van der Waals surface area (Å²) in [5.74, 6) is 0.685. The molecule has 0 aliphatic heterocycles. The van der Waals surface area contributed by atoms with Gasteiger partial charge in [0.2, 0.25) is 0 Å². The summed E-state index contributed by atoms with van der Waals surface area (Å²) in [6.07, 6.45) is 0. The van der Waals surface area contributed by atoms with Gasteiger partial charge in [0.15, 0.2) is 0 Å². The average molecular weight is 241 g/mol. The van der Waals surface area contributed by atoms with Crippen molar-refractivity contribution in [3.05, 3.63) is 59.2 Å². The Labute approximate surface area is 106 Å². The van der Waals surface area contributed by atoms with Crippen molar-refractivity contribution >= 4 is 5.91 Å². The van der Waals surface area contributed by atoms with E-state index in [2.05, 4.69) is 0 Å². The van der Waals surface area contributed by atoms with Gasteiger partial charge in [0.05, 0.1) is 5.56 Å². The van der Waals surface area contributed by atoms with Crippen LogP contribution in [-0.2, 0) is 0 Å². The third-order valence-electron chi connectivity index (χ3n) is 2.65. The minimum absolute atomic E-state index is 0.399. The van der Waals surface area contributed by atoms with E-state index >= 15 is 0 Å². The second-order valence-electron chi connectivity index (χ2n) is 4.28. The minimum Gasteiger partial charge on any atom is -0.457 e. The molecule has 0 aliphatic rings. The van der Waals surface area contributed by atoms with Crippen molar-refractivity contribution in [2.45, 2.75) is 13.8 Å². The molecule has 0 aliphatic carbocycles. The summed E-state index contributed by atoms with van der Waals surface area (Å²) >= 11 is 0. The third-order valence-corrected chi connectivity index (χ3v) is 2.65. The standard InChI is InChI=1S/C15H15NO2/c1-10-3-6-12(7-4-10)18-14-8-5-11(2)9-13(14)15(16)17/h3-9H,1-2H3,(H2,16,17). The number of nitrogens with two attached hydrogens (primary N) is 1. The molecule has 2 aromatic carbocycles. The fraction of sp³-hybridized carbons (Fsp3) is 0.133. The van der Waals surface area contributed by atoms with E-state index in [-0.39, 0.29) is 0 Å². The highest BCUT2D eigenvalue weighted by Gasteiger charge is 2.10. The highest BCUT2D eigenvalue weighted by Crippen LogP contribution is 2.26. The number of rotatable bonds is 3. The van der Waals surface area contributed by atoms with Crippen LogP contribution in [0.5, 0.6) is 11.5 Å². The van der Waals surface area contributed by atoms with Gasteiger partial charge in [0, 0.05) is 0 Å². The molecule has 3 heteroatoms. The first-order valence-electron chi connectivity index (χ1n) is 5.71. The molecule has 3 nitrogen and oxygen atoms in total. The molecule has 92 valence electrons. The number of ether oxygens (including phenoxy) is 1. The van der Waals surface area contributed by atoms with Crippen LogP contribution in [0.4, 0.5) is 0 Å². The summed E-state index contributed by atoms with van der Waals surface area (Å²) in [6.45, 7) is 3.91. The molecule has 0 unspecified atom stereocenters. The molecule has 2 aromatic rings. The largest absolute Gasteiger partial charge is 0.457 e. The number of carbonyl (C=O) groups is 1. The van der Waals surface area contributed by atoms with E-state index in [1.165, 1.54) is 0 Å². The lowest BCUT2D eigenvalue weighted by Crippen LogP contribution is -2.12. The average Bonchev–Trinajstić information content (AvgIpc) is 2.34. The quantitative estimate of drug-likeness (QED) is 0.897. The van der Waals surface area contributed by atoms with Crippen molar-refractivity contribution in [1.82, 2.24) is 0 Å². The van der Waals surface area contributed by atoms with Crippen LogP contribution in [-0.4, -0.2) is 5.91 Å². The van der Waals surface area contributed by atoms with Crippen LogP contribution in [0.15, 0.2) is 42.5 Å². The first-order valence-corrected chi connectivity index (χ1v) is 5.71. The second kappa shape index (κ2) is 4.92. The number of aryl methyl sites for hydroxylation is 2. The Morgan fingerprint density at radius 2 is 1.61 bits per heavy atom. The molecular weight excluding hydrogens is 226 g/mol. The van der Waals surface area contributed by atoms with E-state index in [1.807, 2.05) is 44.2 Å². The molecule has 0 saturated heterocycles. The molecular formula is C15H15NO2. The summed E-state index contributed by atoms with van der Waals surface area (Å²) in [6, 6.07) is 13.0. The van der Waals surface area contributed by atoms with E-state index < -0.39 is 5.91 Å². The summed E-state index contributed by atoms with van der Waals surface area (Å²) in [5, 5.41) is 0. The predicted octanol–water partition coefficient (Wildman–Crippen LogP) is 3.19. The van der Waals surface area contributed by atoms with Crippen LogP contribution < -0.4 is 10.5 Å². The molecule has 0 aromatic heterocycles. The van der Waals surface area contributed by atoms with Crippen LogP contribution in [0.1, 0.15) is 21.5 Å². The molecule has 0 heterocycles. The number of benzene rings is 2. The summed E-state index contributed by atoms with van der Waals surface area (Å²) in [4.78, 5) is 11.4. The Balaban J connectivity index is 2.34. The van der Waals surface area contributed by atoms with E-state index in [1.54, 1.807) is 12.1 Å². The lowest BCUT2D eigenvalue weighted by atomic mass is 10.1. The van der Waals surface area contributed by atoms with Gasteiger partial charge < -0.3 is 10.5 Å². The van der Waals surface area contributed by atoms with Gasteiger partial charge in [0.25, 0.3) is 5.91 Å². The summed E-state index contributed by atoms with van der Waals surface area (Å²) < 4.78 is 5.68. The molecule has 0 bridgehead atoms. The van der Waals surface area contributed by atoms with Gasteiger partial charge in [0.1, 0.15) is 11.5 Å². The Bertz CT molecular complexity index is 574. The van der Waals surface area contributed by atoms with E-state index in [0.29, 0.717) is 17.1 Å². The highest BCUT2D eigenvalue weighted by molar-refractivity contribution is 5.95. The fourth-order valence-electron chi connectivity index (χ4n) is 1.66. The fourth-order valence-corrected chi connectivity index (χ4v) is 1.66. The molecule has 0 spiro atoms. The maximum Gasteiger partial charge on any atom is 0.252 e. The van der Waals surface area contributed by atoms with Crippen LogP contribution in [0, 0.1) is 13.8 Å². The van der Waals surface area contributed by atoms with E-state index in [9.17, 15) is 4.79 Å². The molecule has 0 saturated carbocycles. The Morgan fingerprint density at radius 1 is 1.00 bits per heavy atom. The molecule has 18 heavy (non-hydrogen) atoms. The Hall–Kier alpha value is -2.29. The zero-order chi connectivity index (χ0) is 13.1. The van der Waals surface area contributed by atoms with Gasteiger partial charge in [-0.15, -0.1) is 0 Å². The molecule has 0 atom stereocenters. The van der Waals surface area contributed by atoms with Crippen molar-refractivity contribution in [3.8, 4) is 11.5 Å².